The highest BCUT2D eigenvalue weighted by atomic mass is 35.5. The van der Waals surface area contributed by atoms with Crippen molar-refractivity contribution < 1.29 is 14.3 Å². The van der Waals surface area contributed by atoms with E-state index < -0.39 is 5.91 Å². The van der Waals surface area contributed by atoms with Gasteiger partial charge in [-0.15, -0.1) is 0 Å². The summed E-state index contributed by atoms with van der Waals surface area (Å²) in [6, 6.07) is 10.2. The van der Waals surface area contributed by atoms with Crippen molar-refractivity contribution in [1.82, 2.24) is 9.78 Å². The van der Waals surface area contributed by atoms with Crippen LogP contribution in [0.2, 0.25) is 5.02 Å². The molecule has 3 aromatic rings. The lowest BCUT2D eigenvalue weighted by atomic mass is 10.1. The van der Waals surface area contributed by atoms with Gasteiger partial charge in [0, 0.05) is 5.02 Å². The van der Waals surface area contributed by atoms with E-state index in [0.29, 0.717) is 28.4 Å². The molecule has 0 radical (unpaired) electrons. The summed E-state index contributed by atoms with van der Waals surface area (Å²) in [5.74, 6) is -0.840. The second-order valence-corrected chi connectivity index (χ2v) is 5.80. The van der Waals surface area contributed by atoms with E-state index in [-0.39, 0.29) is 17.3 Å². The minimum atomic E-state index is -0.414. The fraction of sp³-hybridized carbons (Fsp3) is 0.111. The quantitative estimate of drug-likeness (QED) is 0.686. The number of nitrogens with zero attached hydrogens (tertiary/aromatic N) is 2. The molecule has 7 heteroatoms. The van der Waals surface area contributed by atoms with E-state index in [4.69, 9.17) is 11.6 Å². The normalized spacial score (nSPS) is 10.7. The maximum atomic E-state index is 13.1. The predicted octanol–water partition coefficient (Wildman–Crippen LogP) is 4.19. The lowest BCUT2D eigenvalue weighted by Crippen LogP contribution is -2.14. The number of benzene rings is 2. The molecule has 128 valence electrons. The van der Waals surface area contributed by atoms with E-state index in [1.54, 1.807) is 16.8 Å². The Labute approximate surface area is 148 Å². The van der Waals surface area contributed by atoms with Gasteiger partial charge < -0.3 is 10.4 Å². The molecule has 0 atom stereocenters. The summed E-state index contributed by atoms with van der Waals surface area (Å²) in [6.45, 7) is 1.89. The number of hydrogen-bond donors (Lipinski definition) is 2. The number of rotatable bonds is 4. The third-order valence-corrected chi connectivity index (χ3v) is 3.96. The summed E-state index contributed by atoms with van der Waals surface area (Å²) in [5, 5.41) is 17.1. The Kier molecular flexibility index (Phi) is 4.72. The summed E-state index contributed by atoms with van der Waals surface area (Å²) in [6.07, 6.45) is 1.99. The molecule has 0 fully saturated rings. The minimum Gasteiger partial charge on any atom is -0.506 e. The average Bonchev–Trinajstić information content (AvgIpc) is 3.03. The summed E-state index contributed by atoms with van der Waals surface area (Å²) in [4.78, 5) is 12.6. The van der Waals surface area contributed by atoms with E-state index in [1.165, 1.54) is 36.5 Å². The van der Waals surface area contributed by atoms with Gasteiger partial charge in [0.15, 0.2) is 0 Å². The van der Waals surface area contributed by atoms with E-state index in [0.717, 1.165) is 0 Å². The number of halogens is 2. The van der Waals surface area contributed by atoms with Crippen LogP contribution in [0.3, 0.4) is 0 Å². The molecule has 1 heterocycles. The van der Waals surface area contributed by atoms with Gasteiger partial charge in [-0.2, -0.15) is 5.10 Å². The van der Waals surface area contributed by atoms with Crippen LogP contribution in [0.5, 0.6) is 5.75 Å². The molecule has 3 rings (SSSR count). The first-order valence-electron chi connectivity index (χ1n) is 7.62. The third kappa shape index (κ3) is 3.49. The maximum Gasteiger partial charge on any atom is 0.259 e. The van der Waals surface area contributed by atoms with Gasteiger partial charge >= 0.3 is 0 Å². The van der Waals surface area contributed by atoms with Gasteiger partial charge in [0.25, 0.3) is 5.91 Å². The molecule has 2 aromatic carbocycles. The standard InChI is InChI=1S/C18H15ClFN3O2/c1-2-16-14(10-21-23(16)13-6-4-12(20)5-7-13)18(25)22-15-9-11(19)3-8-17(15)24/h3-10,24H,2H2,1H3,(H,22,25). The number of nitrogens with one attached hydrogen (secondary N) is 1. The van der Waals surface area contributed by atoms with Crippen molar-refractivity contribution in [2.24, 2.45) is 0 Å². The zero-order valence-corrected chi connectivity index (χ0v) is 14.1. The van der Waals surface area contributed by atoms with Crippen LogP contribution in [0.1, 0.15) is 23.0 Å². The molecular weight excluding hydrogens is 345 g/mol. The molecule has 1 aromatic heterocycles. The van der Waals surface area contributed by atoms with Crippen LogP contribution in [-0.4, -0.2) is 20.8 Å². The van der Waals surface area contributed by atoms with Crippen LogP contribution in [-0.2, 0) is 6.42 Å². The Morgan fingerprint density at radius 1 is 1.28 bits per heavy atom. The van der Waals surface area contributed by atoms with Crippen molar-refractivity contribution in [3.63, 3.8) is 0 Å². The summed E-state index contributed by atoms with van der Waals surface area (Å²) in [7, 11) is 0. The van der Waals surface area contributed by atoms with Crippen molar-refractivity contribution in [2.75, 3.05) is 5.32 Å². The molecule has 0 spiro atoms. The summed E-state index contributed by atoms with van der Waals surface area (Å²) >= 11 is 5.89. The molecule has 5 nitrogen and oxygen atoms in total. The number of carbonyl (C=O) groups excluding carboxylic acids is 1. The molecule has 0 unspecified atom stereocenters. The van der Waals surface area contributed by atoms with Gasteiger partial charge in [-0.3, -0.25) is 4.79 Å². The second kappa shape index (κ2) is 6.94. The Morgan fingerprint density at radius 3 is 2.68 bits per heavy atom. The Hall–Kier alpha value is -2.86. The van der Waals surface area contributed by atoms with Gasteiger partial charge in [0.2, 0.25) is 0 Å². The highest BCUT2D eigenvalue weighted by Crippen LogP contribution is 2.27. The predicted molar refractivity (Wildman–Crippen MR) is 94.0 cm³/mol. The number of aromatic hydroxyl groups is 1. The van der Waals surface area contributed by atoms with Gasteiger partial charge in [0.1, 0.15) is 11.6 Å². The number of hydrogen-bond acceptors (Lipinski definition) is 3. The first-order valence-corrected chi connectivity index (χ1v) is 8.00. The van der Waals surface area contributed by atoms with Crippen molar-refractivity contribution in [3.8, 4) is 11.4 Å². The fourth-order valence-corrected chi connectivity index (χ4v) is 2.68. The van der Waals surface area contributed by atoms with Gasteiger partial charge in [-0.1, -0.05) is 18.5 Å². The maximum absolute atomic E-state index is 13.1. The van der Waals surface area contributed by atoms with Crippen molar-refractivity contribution in [3.05, 3.63) is 70.8 Å². The molecule has 0 saturated heterocycles. The van der Waals surface area contributed by atoms with Gasteiger partial charge in [0.05, 0.1) is 28.8 Å². The highest BCUT2D eigenvalue weighted by Gasteiger charge is 2.18. The zero-order chi connectivity index (χ0) is 18.0. The van der Waals surface area contributed by atoms with Crippen LogP contribution in [0.15, 0.2) is 48.7 Å². The molecule has 2 N–H and O–H groups in total. The van der Waals surface area contributed by atoms with E-state index in [2.05, 4.69) is 10.4 Å². The first kappa shape index (κ1) is 17.0. The largest absolute Gasteiger partial charge is 0.506 e. The van der Waals surface area contributed by atoms with Crippen LogP contribution in [0.4, 0.5) is 10.1 Å². The molecule has 0 aliphatic carbocycles. The lowest BCUT2D eigenvalue weighted by molar-refractivity contribution is 0.102. The van der Waals surface area contributed by atoms with Crippen LogP contribution in [0, 0.1) is 5.82 Å². The van der Waals surface area contributed by atoms with E-state index >= 15 is 0 Å². The smallest absolute Gasteiger partial charge is 0.259 e. The van der Waals surface area contributed by atoms with E-state index in [1.807, 2.05) is 6.92 Å². The molecule has 1 amide bonds. The molecule has 25 heavy (non-hydrogen) atoms. The number of amides is 1. The number of anilines is 1. The monoisotopic (exact) mass is 359 g/mol. The molecule has 0 bridgehead atoms. The van der Waals surface area contributed by atoms with Crippen molar-refractivity contribution in [1.29, 1.82) is 0 Å². The number of aromatic nitrogens is 2. The lowest BCUT2D eigenvalue weighted by Gasteiger charge is -2.10. The van der Waals surface area contributed by atoms with Crippen LogP contribution >= 0.6 is 11.6 Å². The molecule has 0 aliphatic heterocycles. The Balaban J connectivity index is 1.93. The summed E-state index contributed by atoms with van der Waals surface area (Å²) < 4.78 is 14.7. The third-order valence-electron chi connectivity index (χ3n) is 3.73. The highest BCUT2D eigenvalue weighted by molar-refractivity contribution is 6.31. The SMILES string of the molecule is CCc1c(C(=O)Nc2cc(Cl)ccc2O)cnn1-c1ccc(F)cc1. The van der Waals surface area contributed by atoms with Crippen LogP contribution < -0.4 is 5.32 Å². The second-order valence-electron chi connectivity index (χ2n) is 5.36. The number of phenolic OH excluding ortho intramolecular Hbond substituents is 1. The minimum absolute atomic E-state index is 0.0817. The number of carbonyl (C=O) groups is 1. The molecular formula is C18H15ClFN3O2. The average molecular weight is 360 g/mol. The van der Waals surface area contributed by atoms with Crippen molar-refractivity contribution >= 4 is 23.2 Å². The van der Waals surface area contributed by atoms with Gasteiger partial charge in [-0.05, 0) is 48.9 Å². The first-order chi connectivity index (χ1) is 12.0. The van der Waals surface area contributed by atoms with Crippen molar-refractivity contribution in [2.45, 2.75) is 13.3 Å². The topological polar surface area (TPSA) is 67.2 Å². The molecule has 0 aliphatic rings. The Morgan fingerprint density at radius 2 is 2.00 bits per heavy atom. The fourth-order valence-electron chi connectivity index (χ4n) is 2.51. The Bertz CT molecular complexity index is 923. The number of phenols is 1. The van der Waals surface area contributed by atoms with Gasteiger partial charge in [-0.25, -0.2) is 9.07 Å². The van der Waals surface area contributed by atoms with E-state index in [9.17, 15) is 14.3 Å². The zero-order valence-electron chi connectivity index (χ0n) is 13.3. The summed E-state index contributed by atoms with van der Waals surface area (Å²) in [5.41, 5.74) is 1.91. The molecule has 0 saturated carbocycles. The van der Waals surface area contributed by atoms with Crippen LogP contribution in [0.25, 0.3) is 5.69 Å².